The van der Waals surface area contributed by atoms with Crippen LogP contribution in [0.25, 0.3) is 22.0 Å². The van der Waals surface area contributed by atoms with Gasteiger partial charge in [0.25, 0.3) is 0 Å². The fourth-order valence-electron chi connectivity index (χ4n) is 7.26. The van der Waals surface area contributed by atoms with Gasteiger partial charge in [0.1, 0.15) is 12.6 Å². The van der Waals surface area contributed by atoms with Crippen LogP contribution >= 0.6 is 0 Å². The molecule has 0 bridgehead atoms. The molecule has 1 saturated carbocycles. The molecule has 228 valence electrons. The Bertz CT molecular complexity index is 1740. The zero-order chi connectivity index (χ0) is 30.6. The molecule has 1 aromatic heterocycles. The molecule has 0 spiro atoms. The third-order valence-corrected chi connectivity index (χ3v) is 9.53. The van der Waals surface area contributed by atoms with Gasteiger partial charge in [0.05, 0.1) is 0 Å². The number of hydrogen-bond acceptors (Lipinski definition) is 3. The van der Waals surface area contributed by atoms with Gasteiger partial charge in [-0.15, -0.1) is 0 Å². The lowest BCUT2D eigenvalue weighted by molar-refractivity contribution is -0.137. The quantitative estimate of drug-likeness (QED) is 0.181. The lowest BCUT2D eigenvalue weighted by atomic mass is 9.92. The summed E-state index contributed by atoms with van der Waals surface area (Å²) in [7, 11) is 0. The van der Waals surface area contributed by atoms with Gasteiger partial charge in [-0.1, -0.05) is 116 Å². The third-order valence-electron chi connectivity index (χ3n) is 9.53. The lowest BCUT2D eigenvalue weighted by Gasteiger charge is -2.37. The number of amides is 2. The first-order chi connectivity index (χ1) is 22.2. The number of benzene rings is 4. The van der Waals surface area contributed by atoms with E-state index in [0.717, 1.165) is 58.8 Å². The molecule has 1 fully saturated rings. The van der Waals surface area contributed by atoms with Gasteiger partial charge in [0.2, 0.25) is 5.91 Å². The van der Waals surface area contributed by atoms with Crippen molar-refractivity contribution in [3.8, 4) is 11.1 Å². The van der Waals surface area contributed by atoms with Crippen LogP contribution < -0.4 is 5.32 Å². The van der Waals surface area contributed by atoms with Crippen LogP contribution in [0.1, 0.15) is 60.3 Å². The van der Waals surface area contributed by atoms with Gasteiger partial charge in [0, 0.05) is 42.0 Å². The number of aromatic nitrogens is 1. The average Bonchev–Trinajstić information content (AvgIpc) is 3.65. The number of alkyl carbamates (subject to hydrolysis) is 1. The maximum absolute atomic E-state index is 14.6. The Morgan fingerprint density at radius 2 is 1.44 bits per heavy atom. The van der Waals surface area contributed by atoms with Gasteiger partial charge in [-0.25, -0.2) is 4.79 Å². The molecule has 5 aromatic rings. The fourth-order valence-corrected chi connectivity index (χ4v) is 7.26. The smallest absolute Gasteiger partial charge is 0.407 e. The third kappa shape index (κ3) is 6.10. The maximum Gasteiger partial charge on any atom is 0.407 e. The van der Waals surface area contributed by atoms with Crippen molar-refractivity contribution in [2.75, 3.05) is 6.61 Å². The number of carbonyl (C=O) groups excluding carboxylic acids is 2. The van der Waals surface area contributed by atoms with E-state index in [1.807, 2.05) is 71.8 Å². The normalized spacial score (nSPS) is 15.3. The van der Waals surface area contributed by atoms with Crippen molar-refractivity contribution < 1.29 is 14.3 Å². The molecule has 2 amide bonds. The van der Waals surface area contributed by atoms with E-state index in [1.165, 1.54) is 17.5 Å². The molecule has 0 aliphatic heterocycles. The van der Waals surface area contributed by atoms with Gasteiger partial charge in [-0.3, -0.25) is 4.79 Å². The number of nitrogens with one attached hydrogen (secondary N) is 2. The Hall–Kier alpha value is -4.84. The number of ether oxygens (including phenoxy) is 1. The zero-order valence-electron chi connectivity index (χ0n) is 25.5. The van der Waals surface area contributed by atoms with E-state index in [2.05, 4.69) is 52.8 Å². The minimum absolute atomic E-state index is 0.0530. The van der Waals surface area contributed by atoms with E-state index < -0.39 is 12.1 Å². The Balaban J connectivity index is 1.14. The number of nitrogens with zero attached hydrogens (tertiary/aromatic N) is 1. The van der Waals surface area contributed by atoms with E-state index in [-0.39, 0.29) is 24.5 Å². The first kappa shape index (κ1) is 28.9. The van der Waals surface area contributed by atoms with Crippen molar-refractivity contribution in [1.82, 2.24) is 15.2 Å². The van der Waals surface area contributed by atoms with Crippen LogP contribution in [0.15, 0.2) is 109 Å². The lowest BCUT2D eigenvalue weighted by Crippen LogP contribution is -2.53. The van der Waals surface area contributed by atoms with E-state index >= 15 is 0 Å². The molecule has 2 aliphatic carbocycles. The Morgan fingerprint density at radius 1 is 0.800 bits per heavy atom. The largest absolute Gasteiger partial charge is 0.449 e. The molecule has 45 heavy (non-hydrogen) atoms. The highest BCUT2D eigenvalue weighted by atomic mass is 16.5. The number of hydrogen-bond donors (Lipinski definition) is 2. The molecule has 0 saturated heterocycles. The van der Waals surface area contributed by atoms with E-state index in [4.69, 9.17) is 4.74 Å². The van der Waals surface area contributed by atoms with Gasteiger partial charge in [0.15, 0.2) is 0 Å². The molecule has 7 rings (SSSR count). The van der Waals surface area contributed by atoms with Crippen molar-refractivity contribution in [3.63, 3.8) is 0 Å². The topological polar surface area (TPSA) is 74.4 Å². The number of aromatic amines is 1. The zero-order valence-corrected chi connectivity index (χ0v) is 25.5. The molecule has 6 heteroatoms. The van der Waals surface area contributed by atoms with Crippen molar-refractivity contribution in [3.05, 3.63) is 132 Å². The van der Waals surface area contributed by atoms with Crippen LogP contribution in [0, 0.1) is 0 Å². The Labute approximate surface area is 264 Å². The van der Waals surface area contributed by atoms with E-state index in [1.54, 1.807) is 0 Å². The summed E-state index contributed by atoms with van der Waals surface area (Å²) in [5, 5.41) is 4.08. The van der Waals surface area contributed by atoms with Gasteiger partial charge >= 0.3 is 6.09 Å². The second-order valence-corrected chi connectivity index (χ2v) is 12.3. The number of carbonyl (C=O) groups is 2. The molecular formula is C39H39N3O3. The summed E-state index contributed by atoms with van der Waals surface area (Å²) < 4.78 is 5.94. The van der Waals surface area contributed by atoms with E-state index in [0.29, 0.717) is 13.0 Å². The van der Waals surface area contributed by atoms with Crippen LogP contribution in [-0.4, -0.2) is 40.6 Å². The Morgan fingerprint density at radius 3 is 2.18 bits per heavy atom. The fraction of sp³-hybridized carbons (Fsp3) is 0.282. The molecule has 0 unspecified atom stereocenters. The summed E-state index contributed by atoms with van der Waals surface area (Å²) >= 11 is 0. The number of rotatable bonds is 9. The molecule has 1 atom stereocenters. The predicted molar refractivity (Wildman–Crippen MR) is 178 cm³/mol. The molecule has 4 aromatic carbocycles. The number of para-hydroxylation sites is 1. The summed E-state index contributed by atoms with van der Waals surface area (Å²) in [6, 6.07) is 34.2. The van der Waals surface area contributed by atoms with Gasteiger partial charge < -0.3 is 19.9 Å². The standard InChI is InChI=1S/C39H39N3O3/c43-38(42(29-15-5-2-6-16-29)25-27-13-3-1-4-14-27)37(23-28-24-40-36-22-12-11-17-30(28)36)41-39(44)45-26-35-33-20-9-7-18-31(33)32-19-8-10-21-34(32)35/h1,3-4,7-14,17-22,24,29,35,37,40H,2,5-6,15-16,23,25-26H2,(H,41,44)/t37-/m0/s1. The van der Waals surface area contributed by atoms with Crippen molar-refractivity contribution in [1.29, 1.82) is 0 Å². The van der Waals surface area contributed by atoms with Crippen molar-refractivity contribution in [2.45, 2.75) is 63.1 Å². The summed E-state index contributed by atoms with van der Waals surface area (Å²) in [5.41, 5.74) is 7.76. The van der Waals surface area contributed by atoms with Crippen LogP contribution in [0.3, 0.4) is 0 Å². The van der Waals surface area contributed by atoms with Crippen molar-refractivity contribution >= 4 is 22.9 Å². The average molecular weight is 598 g/mol. The summed E-state index contributed by atoms with van der Waals surface area (Å²) in [4.78, 5) is 33.5. The second-order valence-electron chi connectivity index (χ2n) is 12.3. The molecule has 2 N–H and O–H groups in total. The summed E-state index contributed by atoms with van der Waals surface area (Å²) in [5.74, 6) is -0.118. The first-order valence-electron chi connectivity index (χ1n) is 16.2. The van der Waals surface area contributed by atoms with Crippen molar-refractivity contribution in [2.24, 2.45) is 0 Å². The van der Waals surface area contributed by atoms with E-state index in [9.17, 15) is 9.59 Å². The van der Waals surface area contributed by atoms with Crippen LogP contribution in [0.5, 0.6) is 0 Å². The second kappa shape index (κ2) is 13.0. The SMILES string of the molecule is O=C(N[C@@H](Cc1c[nH]c2ccccc12)C(=O)N(Cc1ccccc1)C1CCCCC1)OCC1c2ccccc2-c2ccccc21. The molecule has 0 radical (unpaired) electrons. The van der Waals surface area contributed by atoms with Crippen LogP contribution in [-0.2, 0) is 22.5 Å². The monoisotopic (exact) mass is 597 g/mol. The van der Waals surface area contributed by atoms with Gasteiger partial charge in [-0.05, 0) is 52.3 Å². The minimum atomic E-state index is -0.773. The summed E-state index contributed by atoms with van der Waals surface area (Å²) in [6.45, 7) is 0.714. The Kier molecular flexibility index (Phi) is 8.37. The molecule has 2 aliphatic rings. The number of H-pyrrole nitrogens is 1. The highest BCUT2D eigenvalue weighted by Crippen LogP contribution is 2.44. The minimum Gasteiger partial charge on any atom is -0.449 e. The number of fused-ring (bicyclic) bond motifs is 4. The maximum atomic E-state index is 14.6. The summed E-state index contributed by atoms with van der Waals surface area (Å²) in [6.07, 6.45) is 7.11. The van der Waals surface area contributed by atoms with Crippen LogP contribution in [0.2, 0.25) is 0 Å². The highest BCUT2D eigenvalue weighted by molar-refractivity contribution is 5.89. The molecule has 6 nitrogen and oxygen atoms in total. The first-order valence-corrected chi connectivity index (χ1v) is 16.2. The highest BCUT2D eigenvalue weighted by Gasteiger charge is 2.34. The van der Waals surface area contributed by atoms with Gasteiger partial charge in [-0.2, -0.15) is 0 Å². The van der Waals surface area contributed by atoms with Crippen LogP contribution in [0.4, 0.5) is 4.79 Å². The predicted octanol–water partition coefficient (Wildman–Crippen LogP) is 7.98. The molecule has 1 heterocycles. The molecular weight excluding hydrogens is 558 g/mol.